The van der Waals surface area contributed by atoms with E-state index < -0.39 is 0 Å². The van der Waals surface area contributed by atoms with E-state index in [1.165, 1.54) is 0 Å². The maximum absolute atomic E-state index is 12.1. The number of carbonyl (C=O) groups excluding carboxylic acids is 1. The quantitative estimate of drug-likeness (QED) is 0.786. The Hall–Kier alpha value is -1.72. The molecule has 0 spiro atoms. The van der Waals surface area contributed by atoms with E-state index in [9.17, 15) is 4.79 Å². The molecule has 20 heavy (non-hydrogen) atoms. The minimum Gasteiger partial charge on any atom is -0.394 e. The number of amides is 1. The van der Waals surface area contributed by atoms with Crippen LogP contribution in [-0.2, 0) is 11.8 Å². The highest BCUT2D eigenvalue weighted by atomic mass is 16.2. The van der Waals surface area contributed by atoms with Crippen molar-refractivity contribution in [1.29, 1.82) is 0 Å². The number of nitrogen functional groups attached to an aromatic ring is 1. The summed E-state index contributed by atoms with van der Waals surface area (Å²) in [5.41, 5.74) is 7.30. The van der Waals surface area contributed by atoms with Crippen molar-refractivity contribution in [3.8, 4) is 0 Å². The lowest BCUT2D eigenvalue weighted by Crippen LogP contribution is -2.47. The molecule has 1 aromatic heterocycles. The van der Waals surface area contributed by atoms with Crippen LogP contribution >= 0.6 is 0 Å². The maximum atomic E-state index is 12.1. The van der Waals surface area contributed by atoms with Gasteiger partial charge in [0, 0.05) is 12.6 Å². The minimum atomic E-state index is -0.382. The Balaban J connectivity index is 2.86. The van der Waals surface area contributed by atoms with E-state index in [1.807, 2.05) is 48.6 Å². The van der Waals surface area contributed by atoms with Crippen molar-refractivity contribution in [2.75, 3.05) is 11.1 Å². The van der Waals surface area contributed by atoms with Crippen LogP contribution in [0.25, 0.3) is 0 Å². The molecule has 0 aliphatic heterocycles. The van der Waals surface area contributed by atoms with E-state index in [2.05, 4.69) is 15.7 Å². The summed E-state index contributed by atoms with van der Waals surface area (Å²) >= 11 is 0. The average Bonchev–Trinajstić information content (AvgIpc) is 2.54. The van der Waals surface area contributed by atoms with Crippen molar-refractivity contribution in [3.05, 3.63) is 5.69 Å². The fourth-order valence-electron chi connectivity index (χ4n) is 1.91. The smallest absolute Gasteiger partial charge is 0.242 e. The van der Waals surface area contributed by atoms with E-state index >= 15 is 0 Å². The average molecular weight is 281 g/mol. The van der Waals surface area contributed by atoms with Gasteiger partial charge in [0.2, 0.25) is 5.91 Å². The second kappa shape index (κ2) is 5.73. The number of carbonyl (C=O) groups is 1. The van der Waals surface area contributed by atoms with Crippen LogP contribution in [0.2, 0.25) is 0 Å². The molecule has 1 atom stereocenters. The van der Waals surface area contributed by atoms with E-state index in [0.29, 0.717) is 11.5 Å². The number of anilines is 2. The normalized spacial score (nSPS) is 13.4. The zero-order chi connectivity index (χ0) is 15.7. The van der Waals surface area contributed by atoms with Gasteiger partial charge in [0.05, 0.1) is 11.4 Å². The maximum Gasteiger partial charge on any atom is 0.242 e. The van der Waals surface area contributed by atoms with Crippen LogP contribution in [0, 0.1) is 0 Å². The summed E-state index contributed by atoms with van der Waals surface area (Å²) in [6.07, 6.45) is 0. The monoisotopic (exact) mass is 281 g/mol. The molecule has 1 unspecified atom stereocenters. The molecule has 6 nitrogen and oxygen atoms in total. The first-order valence-corrected chi connectivity index (χ1v) is 6.94. The van der Waals surface area contributed by atoms with Crippen LogP contribution in [0.4, 0.5) is 11.5 Å². The van der Waals surface area contributed by atoms with Crippen LogP contribution in [-0.4, -0.2) is 27.3 Å². The lowest BCUT2D eigenvalue weighted by molar-refractivity contribution is -0.122. The highest BCUT2D eigenvalue weighted by Crippen LogP contribution is 2.28. The standard InChI is InChI=1S/C14H27N5O/c1-8(2)11-10(15)12(19(7)18-11)16-9(3)13(20)17-14(4,5)6/h8-9,16H,15H2,1-7H3,(H,17,20). The largest absolute Gasteiger partial charge is 0.394 e. The summed E-state index contributed by atoms with van der Waals surface area (Å²) in [7, 11) is 1.82. The molecule has 6 heteroatoms. The molecule has 0 bridgehead atoms. The van der Waals surface area contributed by atoms with Crippen LogP contribution in [0.15, 0.2) is 0 Å². The molecule has 4 N–H and O–H groups in total. The van der Waals surface area contributed by atoms with Gasteiger partial charge in [0.1, 0.15) is 11.9 Å². The number of nitrogens with one attached hydrogen (secondary N) is 2. The molecule has 0 radical (unpaired) electrons. The first-order chi connectivity index (χ1) is 9.03. The van der Waals surface area contributed by atoms with Gasteiger partial charge >= 0.3 is 0 Å². The van der Waals surface area contributed by atoms with Crippen molar-refractivity contribution < 1.29 is 4.79 Å². The molecule has 0 fully saturated rings. The van der Waals surface area contributed by atoms with Crippen LogP contribution in [0.1, 0.15) is 53.2 Å². The fourth-order valence-corrected chi connectivity index (χ4v) is 1.91. The van der Waals surface area contributed by atoms with Crippen LogP contribution < -0.4 is 16.4 Å². The van der Waals surface area contributed by atoms with Crippen molar-refractivity contribution in [2.24, 2.45) is 7.05 Å². The molecule has 0 aliphatic carbocycles. The minimum absolute atomic E-state index is 0.0656. The summed E-state index contributed by atoms with van der Waals surface area (Å²) in [5, 5.41) is 10.5. The third kappa shape index (κ3) is 3.88. The molecule has 1 aromatic rings. The fraction of sp³-hybridized carbons (Fsp3) is 0.714. The predicted octanol–water partition coefficient (Wildman–Crippen LogP) is 1.84. The zero-order valence-corrected chi connectivity index (χ0v) is 13.5. The summed E-state index contributed by atoms with van der Waals surface area (Å²) in [6, 6.07) is -0.382. The molecule has 0 saturated heterocycles. The number of aromatic nitrogens is 2. The van der Waals surface area contributed by atoms with Crippen LogP contribution in [0.5, 0.6) is 0 Å². The number of hydrogen-bond acceptors (Lipinski definition) is 4. The molecule has 1 heterocycles. The van der Waals surface area contributed by atoms with Gasteiger partial charge in [-0.25, -0.2) is 0 Å². The summed E-state index contributed by atoms with van der Waals surface area (Å²) in [6.45, 7) is 11.7. The molecular weight excluding hydrogens is 254 g/mol. The van der Waals surface area contributed by atoms with Crippen molar-refractivity contribution >= 4 is 17.4 Å². The molecule has 0 aromatic carbocycles. The third-order valence-corrected chi connectivity index (χ3v) is 2.90. The van der Waals surface area contributed by atoms with Gasteiger partial charge in [0.25, 0.3) is 0 Å². The summed E-state index contributed by atoms with van der Waals surface area (Å²) in [4.78, 5) is 12.1. The van der Waals surface area contributed by atoms with E-state index in [4.69, 9.17) is 5.73 Å². The lowest BCUT2D eigenvalue weighted by atomic mass is 10.1. The van der Waals surface area contributed by atoms with Gasteiger partial charge in [-0.3, -0.25) is 9.48 Å². The van der Waals surface area contributed by atoms with Gasteiger partial charge in [-0.05, 0) is 33.6 Å². The molecule has 1 rings (SSSR count). The highest BCUT2D eigenvalue weighted by Gasteiger charge is 2.22. The van der Waals surface area contributed by atoms with Crippen LogP contribution in [0.3, 0.4) is 0 Å². The number of nitrogens with zero attached hydrogens (tertiary/aromatic N) is 2. The lowest BCUT2D eigenvalue weighted by Gasteiger charge is -2.24. The third-order valence-electron chi connectivity index (χ3n) is 2.90. The Morgan fingerprint density at radius 3 is 2.25 bits per heavy atom. The van der Waals surface area contributed by atoms with Gasteiger partial charge in [-0.2, -0.15) is 5.10 Å². The molecular formula is C14H27N5O. The van der Waals surface area contributed by atoms with Crippen molar-refractivity contribution in [2.45, 2.75) is 59.0 Å². The molecule has 0 saturated carbocycles. The number of hydrogen-bond donors (Lipinski definition) is 3. The van der Waals surface area contributed by atoms with Gasteiger partial charge in [-0.15, -0.1) is 0 Å². The van der Waals surface area contributed by atoms with E-state index in [1.54, 1.807) is 4.68 Å². The van der Waals surface area contributed by atoms with Gasteiger partial charge in [0.15, 0.2) is 0 Å². The highest BCUT2D eigenvalue weighted by molar-refractivity contribution is 5.85. The van der Waals surface area contributed by atoms with Gasteiger partial charge in [-0.1, -0.05) is 13.8 Å². The second-order valence-electron chi connectivity index (χ2n) is 6.53. The Bertz CT molecular complexity index is 484. The number of rotatable bonds is 4. The number of nitrogens with two attached hydrogens (primary N) is 1. The first-order valence-electron chi connectivity index (χ1n) is 6.94. The Morgan fingerprint density at radius 1 is 1.30 bits per heavy atom. The van der Waals surface area contributed by atoms with E-state index in [-0.39, 0.29) is 23.4 Å². The van der Waals surface area contributed by atoms with Crippen molar-refractivity contribution in [1.82, 2.24) is 15.1 Å². The first kappa shape index (κ1) is 16.3. The summed E-state index contributed by atoms with van der Waals surface area (Å²) < 4.78 is 1.69. The summed E-state index contributed by atoms with van der Waals surface area (Å²) in [5.74, 6) is 0.866. The van der Waals surface area contributed by atoms with Crippen molar-refractivity contribution in [3.63, 3.8) is 0 Å². The molecule has 114 valence electrons. The molecule has 1 amide bonds. The molecule has 0 aliphatic rings. The Kier molecular flexibility index (Phi) is 4.68. The number of aryl methyl sites for hydroxylation is 1. The second-order valence-corrected chi connectivity index (χ2v) is 6.53. The topological polar surface area (TPSA) is 85.0 Å². The SMILES string of the molecule is CC(Nc1c(N)c(C(C)C)nn1C)C(=O)NC(C)(C)C. The Labute approximate surface area is 121 Å². The Morgan fingerprint density at radius 2 is 1.85 bits per heavy atom. The zero-order valence-electron chi connectivity index (χ0n) is 13.5. The van der Waals surface area contributed by atoms with Gasteiger partial charge < -0.3 is 16.4 Å². The predicted molar refractivity (Wildman–Crippen MR) is 82.7 cm³/mol. The van der Waals surface area contributed by atoms with E-state index in [0.717, 1.165) is 5.69 Å².